The standard InChI is InChI=1S/C19H22O2/c1-13-6-5-8-16(14(13)2)18(20)12-15-10-11-21-19-9-4-3-7-17(15)19/h3-9,15,18,20H,10-12H2,1-2H3. The maximum atomic E-state index is 10.7. The molecule has 2 nitrogen and oxygen atoms in total. The van der Waals surface area contributed by atoms with Gasteiger partial charge < -0.3 is 9.84 Å². The smallest absolute Gasteiger partial charge is 0.122 e. The molecular formula is C19H22O2. The van der Waals surface area contributed by atoms with E-state index in [1.165, 1.54) is 16.7 Å². The molecule has 2 aromatic rings. The van der Waals surface area contributed by atoms with Gasteiger partial charge in [0.1, 0.15) is 5.75 Å². The highest BCUT2D eigenvalue weighted by atomic mass is 16.5. The number of aliphatic hydroxyl groups is 1. The molecule has 0 amide bonds. The molecule has 1 heterocycles. The number of aryl methyl sites for hydroxylation is 1. The van der Waals surface area contributed by atoms with Gasteiger partial charge in [-0.25, -0.2) is 0 Å². The van der Waals surface area contributed by atoms with Gasteiger partial charge in [0, 0.05) is 0 Å². The summed E-state index contributed by atoms with van der Waals surface area (Å²) in [7, 11) is 0. The van der Waals surface area contributed by atoms with Crippen LogP contribution in [0.15, 0.2) is 42.5 Å². The van der Waals surface area contributed by atoms with Gasteiger partial charge in [0.25, 0.3) is 0 Å². The Bertz CT molecular complexity index is 633. The van der Waals surface area contributed by atoms with Gasteiger partial charge in [0.15, 0.2) is 0 Å². The summed E-state index contributed by atoms with van der Waals surface area (Å²) in [5.74, 6) is 1.34. The zero-order valence-electron chi connectivity index (χ0n) is 12.7. The molecule has 0 aliphatic carbocycles. The van der Waals surface area contributed by atoms with E-state index in [4.69, 9.17) is 4.74 Å². The minimum Gasteiger partial charge on any atom is -0.493 e. The first kappa shape index (κ1) is 14.2. The number of para-hydroxylation sites is 1. The van der Waals surface area contributed by atoms with Crippen LogP contribution in [0.5, 0.6) is 5.75 Å². The molecule has 1 aliphatic rings. The minimum absolute atomic E-state index is 0.366. The van der Waals surface area contributed by atoms with Crippen LogP contribution >= 0.6 is 0 Å². The molecular weight excluding hydrogens is 260 g/mol. The van der Waals surface area contributed by atoms with E-state index in [-0.39, 0.29) is 0 Å². The number of hydrogen-bond donors (Lipinski definition) is 1. The van der Waals surface area contributed by atoms with Gasteiger partial charge in [0.05, 0.1) is 12.7 Å². The molecule has 110 valence electrons. The van der Waals surface area contributed by atoms with Crippen LogP contribution in [0, 0.1) is 13.8 Å². The minimum atomic E-state index is -0.416. The highest BCUT2D eigenvalue weighted by Crippen LogP contribution is 2.39. The lowest BCUT2D eigenvalue weighted by atomic mass is 9.85. The number of benzene rings is 2. The van der Waals surface area contributed by atoms with Crippen molar-refractivity contribution in [1.29, 1.82) is 0 Å². The lowest BCUT2D eigenvalue weighted by molar-refractivity contribution is 0.144. The molecule has 2 atom stereocenters. The Kier molecular flexibility index (Phi) is 3.98. The van der Waals surface area contributed by atoms with Gasteiger partial charge >= 0.3 is 0 Å². The fraction of sp³-hybridized carbons (Fsp3) is 0.368. The second-order valence-electron chi connectivity index (χ2n) is 5.91. The SMILES string of the molecule is Cc1cccc(C(O)CC2CCOc3ccccc32)c1C. The zero-order valence-corrected chi connectivity index (χ0v) is 12.7. The van der Waals surface area contributed by atoms with E-state index in [2.05, 4.69) is 26.0 Å². The lowest BCUT2D eigenvalue weighted by Gasteiger charge is -2.28. The third kappa shape index (κ3) is 2.81. The van der Waals surface area contributed by atoms with Crippen molar-refractivity contribution < 1.29 is 9.84 Å². The van der Waals surface area contributed by atoms with Crippen molar-refractivity contribution in [2.75, 3.05) is 6.61 Å². The van der Waals surface area contributed by atoms with Crippen LogP contribution in [0.2, 0.25) is 0 Å². The molecule has 0 fully saturated rings. The Morgan fingerprint density at radius 3 is 2.81 bits per heavy atom. The van der Waals surface area contributed by atoms with Crippen molar-refractivity contribution in [3.05, 3.63) is 64.7 Å². The molecule has 2 unspecified atom stereocenters. The highest BCUT2D eigenvalue weighted by molar-refractivity contribution is 5.39. The maximum Gasteiger partial charge on any atom is 0.122 e. The first-order valence-electron chi connectivity index (χ1n) is 7.62. The summed E-state index contributed by atoms with van der Waals surface area (Å²) in [5, 5.41) is 10.7. The fourth-order valence-corrected chi connectivity index (χ4v) is 3.19. The molecule has 0 spiro atoms. The van der Waals surface area contributed by atoms with Crippen LogP contribution < -0.4 is 4.74 Å². The number of hydrogen-bond acceptors (Lipinski definition) is 2. The predicted molar refractivity (Wildman–Crippen MR) is 84.8 cm³/mol. The molecule has 2 aromatic carbocycles. The Balaban J connectivity index is 1.83. The second kappa shape index (κ2) is 5.90. The van der Waals surface area contributed by atoms with E-state index >= 15 is 0 Å². The van der Waals surface area contributed by atoms with Gasteiger partial charge in [-0.1, -0.05) is 36.4 Å². The van der Waals surface area contributed by atoms with Crippen molar-refractivity contribution in [3.63, 3.8) is 0 Å². The summed E-state index contributed by atoms with van der Waals surface area (Å²) >= 11 is 0. The van der Waals surface area contributed by atoms with Crippen LogP contribution in [-0.4, -0.2) is 11.7 Å². The van der Waals surface area contributed by atoms with Crippen LogP contribution in [0.25, 0.3) is 0 Å². The summed E-state index contributed by atoms with van der Waals surface area (Å²) in [4.78, 5) is 0. The van der Waals surface area contributed by atoms with Crippen LogP contribution in [0.1, 0.15) is 47.1 Å². The van der Waals surface area contributed by atoms with E-state index < -0.39 is 6.10 Å². The van der Waals surface area contributed by atoms with Gasteiger partial charge in [0.2, 0.25) is 0 Å². The van der Waals surface area contributed by atoms with Crippen LogP contribution in [0.3, 0.4) is 0 Å². The van der Waals surface area contributed by atoms with Crippen molar-refractivity contribution >= 4 is 0 Å². The quantitative estimate of drug-likeness (QED) is 0.909. The van der Waals surface area contributed by atoms with Crippen LogP contribution in [-0.2, 0) is 0 Å². The summed E-state index contributed by atoms with van der Waals surface area (Å²) in [6.07, 6.45) is 1.31. The van der Waals surface area contributed by atoms with Crippen molar-refractivity contribution in [1.82, 2.24) is 0 Å². The normalized spacial score (nSPS) is 18.7. The van der Waals surface area contributed by atoms with Crippen molar-refractivity contribution in [2.24, 2.45) is 0 Å². The first-order chi connectivity index (χ1) is 10.2. The Morgan fingerprint density at radius 1 is 1.14 bits per heavy atom. The first-order valence-corrected chi connectivity index (χ1v) is 7.62. The molecule has 0 bridgehead atoms. The third-order valence-electron chi connectivity index (χ3n) is 4.60. The molecule has 0 saturated heterocycles. The lowest BCUT2D eigenvalue weighted by Crippen LogP contribution is -2.16. The Labute approximate surface area is 126 Å². The average molecular weight is 282 g/mol. The van der Waals surface area contributed by atoms with E-state index in [0.717, 1.165) is 30.8 Å². The fourth-order valence-electron chi connectivity index (χ4n) is 3.19. The summed E-state index contributed by atoms with van der Waals surface area (Å²) in [6.45, 7) is 4.92. The molecule has 0 aromatic heterocycles. The monoisotopic (exact) mass is 282 g/mol. The predicted octanol–water partition coefficient (Wildman–Crippen LogP) is 4.29. The van der Waals surface area contributed by atoms with E-state index in [1.54, 1.807) is 0 Å². The molecule has 2 heteroatoms. The van der Waals surface area contributed by atoms with Gasteiger partial charge in [-0.3, -0.25) is 0 Å². The molecule has 0 radical (unpaired) electrons. The number of rotatable bonds is 3. The highest BCUT2D eigenvalue weighted by Gasteiger charge is 2.24. The molecule has 0 saturated carbocycles. The molecule has 3 rings (SSSR count). The van der Waals surface area contributed by atoms with Crippen molar-refractivity contribution in [2.45, 2.75) is 38.7 Å². The van der Waals surface area contributed by atoms with Gasteiger partial charge in [-0.05, 0) is 60.9 Å². The number of ether oxygens (including phenoxy) is 1. The number of aliphatic hydroxyl groups excluding tert-OH is 1. The Morgan fingerprint density at radius 2 is 1.95 bits per heavy atom. The topological polar surface area (TPSA) is 29.5 Å². The van der Waals surface area contributed by atoms with Gasteiger partial charge in [-0.2, -0.15) is 0 Å². The molecule has 1 aliphatic heterocycles. The summed E-state index contributed by atoms with van der Waals surface area (Å²) in [6, 6.07) is 14.3. The van der Waals surface area contributed by atoms with Gasteiger partial charge in [-0.15, -0.1) is 0 Å². The van der Waals surface area contributed by atoms with Crippen LogP contribution in [0.4, 0.5) is 0 Å². The summed E-state index contributed by atoms with van der Waals surface area (Å²) < 4.78 is 5.70. The number of fused-ring (bicyclic) bond motifs is 1. The molecule has 1 N–H and O–H groups in total. The Hall–Kier alpha value is -1.80. The van der Waals surface area contributed by atoms with E-state index in [0.29, 0.717) is 5.92 Å². The van der Waals surface area contributed by atoms with E-state index in [1.807, 2.05) is 30.3 Å². The van der Waals surface area contributed by atoms with Crippen molar-refractivity contribution in [3.8, 4) is 5.75 Å². The maximum absolute atomic E-state index is 10.7. The zero-order chi connectivity index (χ0) is 14.8. The second-order valence-corrected chi connectivity index (χ2v) is 5.91. The molecule has 21 heavy (non-hydrogen) atoms. The largest absolute Gasteiger partial charge is 0.493 e. The average Bonchev–Trinajstić information content (AvgIpc) is 2.50. The third-order valence-corrected chi connectivity index (χ3v) is 4.60. The van der Waals surface area contributed by atoms with E-state index in [9.17, 15) is 5.11 Å². The summed E-state index contributed by atoms with van der Waals surface area (Å²) in [5.41, 5.74) is 4.72.